The maximum absolute atomic E-state index is 11.5. The van der Waals surface area contributed by atoms with Gasteiger partial charge in [0, 0.05) is 24.4 Å². The predicted molar refractivity (Wildman–Crippen MR) is 80.5 cm³/mol. The average molecular weight is 319 g/mol. The maximum atomic E-state index is 11.5. The number of carboxylic acid groups (broad SMARTS) is 1. The van der Waals surface area contributed by atoms with E-state index in [0.717, 1.165) is 15.6 Å². The monoisotopic (exact) mass is 318 g/mol. The minimum absolute atomic E-state index is 0.129. The Bertz CT molecular complexity index is 451. The van der Waals surface area contributed by atoms with Gasteiger partial charge in [0.25, 0.3) is 0 Å². The van der Waals surface area contributed by atoms with Gasteiger partial charge in [-0.25, -0.2) is 4.79 Å². The Balaban J connectivity index is 2.09. The van der Waals surface area contributed by atoms with Gasteiger partial charge < -0.3 is 15.7 Å². The first-order valence-electron chi connectivity index (χ1n) is 6.45. The molecule has 0 aliphatic heterocycles. The van der Waals surface area contributed by atoms with E-state index in [9.17, 15) is 9.59 Å². The summed E-state index contributed by atoms with van der Waals surface area (Å²) >= 11 is 7.32. The first kappa shape index (κ1) is 16.8. The molecule has 1 aromatic heterocycles. The van der Waals surface area contributed by atoms with Gasteiger partial charge in [-0.2, -0.15) is 0 Å². The van der Waals surface area contributed by atoms with Crippen molar-refractivity contribution in [2.75, 3.05) is 13.1 Å². The van der Waals surface area contributed by atoms with Crippen LogP contribution in [0.4, 0.5) is 4.79 Å². The normalized spacial score (nSPS) is 11.9. The minimum Gasteiger partial charge on any atom is -0.481 e. The smallest absolute Gasteiger partial charge is 0.314 e. The highest BCUT2D eigenvalue weighted by Crippen LogP contribution is 2.21. The molecule has 0 spiro atoms. The highest BCUT2D eigenvalue weighted by molar-refractivity contribution is 7.16. The lowest BCUT2D eigenvalue weighted by Gasteiger charge is -2.12. The summed E-state index contributed by atoms with van der Waals surface area (Å²) in [5, 5.41) is 14.0. The summed E-state index contributed by atoms with van der Waals surface area (Å²) < 4.78 is 0.747. The molecule has 1 heterocycles. The molecule has 1 atom stereocenters. The van der Waals surface area contributed by atoms with E-state index in [1.165, 1.54) is 11.3 Å². The van der Waals surface area contributed by atoms with Gasteiger partial charge >= 0.3 is 12.0 Å². The van der Waals surface area contributed by atoms with Crippen molar-refractivity contribution in [3.8, 4) is 0 Å². The molecule has 1 aromatic rings. The zero-order chi connectivity index (χ0) is 15.0. The molecule has 0 fully saturated rings. The molecule has 0 radical (unpaired) electrons. The van der Waals surface area contributed by atoms with Crippen LogP contribution in [0.2, 0.25) is 4.34 Å². The molecule has 3 N–H and O–H groups in total. The molecule has 0 aliphatic rings. The number of urea groups is 1. The van der Waals surface area contributed by atoms with E-state index in [4.69, 9.17) is 16.7 Å². The van der Waals surface area contributed by atoms with Crippen LogP contribution in [0.25, 0.3) is 0 Å². The summed E-state index contributed by atoms with van der Waals surface area (Å²) in [6.07, 6.45) is 1.44. The van der Waals surface area contributed by atoms with E-state index >= 15 is 0 Å². The van der Waals surface area contributed by atoms with Crippen molar-refractivity contribution >= 4 is 34.9 Å². The highest BCUT2D eigenvalue weighted by Gasteiger charge is 2.07. The molecular formula is C13H19ClN2O3S. The molecule has 7 heteroatoms. The van der Waals surface area contributed by atoms with Crippen molar-refractivity contribution in [2.45, 2.75) is 26.2 Å². The van der Waals surface area contributed by atoms with Crippen LogP contribution in [-0.4, -0.2) is 30.2 Å². The van der Waals surface area contributed by atoms with E-state index in [1.807, 2.05) is 19.1 Å². The van der Waals surface area contributed by atoms with Gasteiger partial charge in [-0.3, -0.25) is 4.79 Å². The standard InChI is InChI=1S/C13H19ClN2O3S/c1-9(2-5-12(17)18)8-16-13(19)15-7-6-10-3-4-11(14)20-10/h3-4,9H,2,5-8H2,1H3,(H,17,18)(H2,15,16,19). The molecule has 0 saturated heterocycles. The Hall–Kier alpha value is -1.27. The molecule has 2 amide bonds. The molecule has 112 valence electrons. The maximum Gasteiger partial charge on any atom is 0.314 e. The Labute approximate surface area is 127 Å². The zero-order valence-electron chi connectivity index (χ0n) is 11.3. The third-order valence-corrected chi connectivity index (χ3v) is 4.04. The summed E-state index contributed by atoms with van der Waals surface area (Å²) in [6, 6.07) is 3.56. The van der Waals surface area contributed by atoms with Crippen molar-refractivity contribution in [3.05, 3.63) is 21.3 Å². The van der Waals surface area contributed by atoms with Crippen LogP contribution < -0.4 is 10.6 Å². The SMILES string of the molecule is CC(CCC(=O)O)CNC(=O)NCCc1ccc(Cl)s1. The first-order valence-corrected chi connectivity index (χ1v) is 7.64. The lowest BCUT2D eigenvalue weighted by Crippen LogP contribution is -2.38. The van der Waals surface area contributed by atoms with E-state index in [1.54, 1.807) is 0 Å². The molecule has 0 saturated carbocycles. The van der Waals surface area contributed by atoms with Gasteiger partial charge in [-0.05, 0) is 30.9 Å². The fraction of sp³-hybridized carbons (Fsp3) is 0.538. The Morgan fingerprint density at radius 1 is 1.40 bits per heavy atom. The summed E-state index contributed by atoms with van der Waals surface area (Å²) in [4.78, 5) is 23.1. The van der Waals surface area contributed by atoms with Crippen molar-refractivity contribution < 1.29 is 14.7 Å². The Morgan fingerprint density at radius 3 is 2.75 bits per heavy atom. The second kappa shape index (κ2) is 8.81. The Kier molecular flexibility index (Phi) is 7.40. The number of nitrogens with one attached hydrogen (secondary N) is 2. The van der Waals surface area contributed by atoms with Crippen molar-refractivity contribution in [3.63, 3.8) is 0 Å². The fourth-order valence-corrected chi connectivity index (χ4v) is 2.67. The van der Waals surface area contributed by atoms with Crippen LogP contribution in [0.5, 0.6) is 0 Å². The lowest BCUT2D eigenvalue weighted by molar-refractivity contribution is -0.137. The summed E-state index contributed by atoms with van der Waals surface area (Å²) in [5.74, 6) is -0.663. The molecule has 20 heavy (non-hydrogen) atoms. The molecule has 0 bridgehead atoms. The zero-order valence-corrected chi connectivity index (χ0v) is 12.9. The number of halogens is 1. The fourth-order valence-electron chi connectivity index (χ4n) is 1.59. The van der Waals surface area contributed by atoms with Gasteiger partial charge in [0.05, 0.1) is 4.34 Å². The van der Waals surface area contributed by atoms with Gasteiger partial charge in [0.15, 0.2) is 0 Å². The minimum atomic E-state index is -0.809. The number of thiophene rings is 1. The molecule has 0 aliphatic carbocycles. The Morgan fingerprint density at radius 2 is 2.15 bits per heavy atom. The quantitative estimate of drug-likeness (QED) is 0.689. The number of carbonyl (C=O) groups excluding carboxylic acids is 1. The number of rotatable bonds is 8. The number of carboxylic acids is 1. The van der Waals surface area contributed by atoms with Crippen LogP contribution in [0.15, 0.2) is 12.1 Å². The van der Waals surface area contributed by atoms with E-state index in [0.29, 0.717) is 19.5 Å². The average Bonchev–Trinajstić information content (AvgIpc) is 2.79. The number of carbonyl (C=O) groups is 2. The summed E-state index contributed by atoms with van der Waals surface area (Å²) in [7, 11) is 0. The van der Waals surface area contributed by atoms with E-state index in [-0.39, 0.29) is 18.4 Å². The molecule has 0 aromatic carbocycles. The van der Waals surface area contributed by atoms with Crippen molar-refractivity contribution in [2.24, 2.45) is 5.92 Å². The lowest BCUT2D eigenvalue weighted by atomic mass is 10.1. The van der Waals surface area contributed by atoms with Crippen LogP contribution in [-0.2, 0) is 11.2 Å². The summed E-state index contributed by atoms with van der Waals surface area (Å²) in [6.45, 7) is 2.94. The number of hydrogen-bond donors (Lipinski definition) is 3. The third-order valence-electron chi connectivity index (χ3n) is 2.75. The van der Waals surface area contributed by atoms with Crippen LogP contribution in [0.1, 0.15) is 24.6 Å². The van der Waals surface area contributed by atoms with Gasteiger partial charge in [0.1, 0.15) is 0 Å². The molecule has 1 rings (SSSR count). The van der Waals surface area contributed by atoms with Gasteiger partial charge in [0.2, 0.25) is 0 Å². The first-order chi connectivity index (χ1) is 9.47. The molecule has 1 unspecified atom stereocenters. The van der Waals surface area contributed by atoms with E-state index in [2.05, 4.69) is 10.6 Å². The highest BCUT2D eigenvalue weighted by atomic mass is 35.5. The number of amides is 2. The molecule has 5 nitrogen and oxygen atoms in total. The van der Waals surface area contributed by atoms with E-state index < -0.39 is 5.97 Å². The van der Waals surface area contributed by atoms with Gasteiger partial charge in [-0.15, -0.1) is 11.3 Å². The second-order valence-electron chi connectivity index (χ2n) is 4.63. The second-order valence-corrected chi connectivity index (χ2v) is 6.43. The third kappa shape index (κ3) is 7.35. The van der Waals surface area contributed by atoms with Crippen LogP contribution >= 0.6 is 22.9 Å². The predicted octanol–water partition coefficient (Wildman–Crippen LogP) is 2.74. The van der Waals surface area contributed by atoms with Gasteiger partial charge in [-0.1, -0.05) is 18.5 Å². The summed E-state index contributed by atoms with van der Waals surface area (Å²) in [5.41, 5.74) is 0. The number of aliphatic carboxylic acids is 1. The number of hydrogen-bond acceptors (Lipinski definition) is 3. The van der Waals surface area contributed by atoms with Crippen LogP contribution in [0, 0.1) is 5.92 Å². The topological polar surface area (TPSA) is 78.4 Å². The van der Waals surface area contributed by atoms with Crippen molar-refractivity contribution in [1.82, 2.24) is 10.6 Å². The van der Waals surface area contributed by atoms with Crippen LogP contribution in [0.3, 0.4) is 0 Å². The van der Waals surface area contributed by atoms with Crippen molar-refractivity contribution in [1.29, 1.82) is 0 Å². The largest absolute Gasteiger partial charge is 0.481 e. The molecular weight excluding hydrogens is 300 g/mol.